The predicted octanol–water partition coefficient (Wildman–Crippen LogP) is 0.569. The van der Waals surface area contributed by atoms with E-state index in [1.54, 1.807) is 12.5 Å². The SMILES string of the molecule is O=C(O)[C@H]1CCC[C@H]1C(=O)NCCc1cnc[nH]1. The molecule has 0 aromatic carbocycles. The summed E-state index contributed by atoms with van der Waals surface area (Å²) in [6, 6.07) is 0. The van der Waals surface area contributed by atoms with Gasteiger partial charge in [0, 0.05) is 24.9 Å². The zero-order chi connectivity index (χ0) is 13.0. The van der Waals surface area contributed by atoms with Crippen molar-refractivity contribution in [3.63, 3.8) is 0 Å². The van der Waals surface area contributed by atoms with Gasteiger partial charge in [-0.1, -0.05) is 6.42 Å². The Morgan fingerprint density at radius 3 is 2.89 bits per heavy atom. The molecule has 1 saturated carbocycles. The monoisotopic (exact) mass is 251 g/mol. The Labute approximate surface area is 105 Å². The fourth-order valence-corrected chi connectivity index (χ4v) is 2.44. The van der Waals surface area contributed by atoms with Crippen LogP contribution in [0.2, 0.25) is 0 Å². The lowest BCUT2D eigenvalue weighted by Crippen LogP contribution is -2.36. The smallest absolute Gasteiger partial charge is 0.307 e. The number of aliphatic carboxylic acids is 1. The molecule has 0 aliphatic heterocycles. The number of carbonyl (C=O) groups excluding carboxylic acids is 1. The van der Waals surface area contributed by atoms with E-state index in [1.165, 1.54) is 0 Å². The number of carboxylic acid groups (broad SMARTS) is 1. The van der Waals surface area contributed by atoms with E-state index < -0.39 is 11.9 Å². The number of carboxylic acids is 1. The number of rotatable bonds is 5. The van der Waals surface area contributed by atoms with Crippen LogP contribution in [-0.2, 0) is 16.0 Å². The molecule has 1 aromatic heterocycles. The Kier molecular flexibility index (Phi) is 3.96. The fraction of sp³-hybridized carbons (Fsp3) is 0.583. The number of imidazole rings is 1. The van der Waals surface area contributed by atoms with Gasteiger partial charge in [0.2, 0.25) is 5.91 Å². The van der Waals surface area contributed by atoms with Gasteiger partial charge >= 0.3 is 5.97 Å². The largest absolute Gasteiger partial charge is 0.481 e. The van der Waals surface area contributed by atoms with Crippen LogP contribution in [0.1, 0.15) is 25.0 Å². The van der Waals surface area contributed by atoms with Crippen molar-refractivity contribution >= 4 is 11.9 Å². The summed E-state index contributed by atoms with van der Waals surface area (Å²) >= 11 is 0. The van der Waals surface area contributed by atoms with Crippen LogP contribution in [0, 0.1) is 11.8 Å². The topological polar surface area (TPSA) is 95.1 Å². The maximum absolute atomic E-state index is 11.9. The van der Waals surface area contributed by atoms with Crippen LogP contribution in [0.3, 0.4) is 0 Å². The van der Waals surface area contributed by atoms with Gasteiger partial charge in [-0.05, 0) is 12.8 Å². The van der Waals surface area contributed by atoms with E-state index in [1.807, 2.05) is 0 Å². The summed E-state index contributed by atoms with van der Waals surface area (Å²) in [7, 11) is 0. The number of hydrogen-bond acceptors (Lipinski definition) is 3. The highest BCUT2D eigenvalue weighted by Gasteiger charge is 2.37. The third-order valence-corrected chi connectivity index (χ3v) is 3.42. The van der Waals surface area contributed by atoms with Crippen molar-refractivity contribution in [3.8, 4) is 0 Å². The van der Waals surface area contributed by atoms with Crippen molar-refractivity contribution in [1.82, 2.24) is 15.3 Å². The number of aromatic amines is 1. The van der Waals surface area contributed by atoms with Crippen molar-refractivity contribution < 1.29 is 14.7 Å². The number of carbonyl (C=O) groups is 2. The Hall–Kier alpha value is -1.85. The summed E-state index contributed by atoms with van der Waals surface area (Å²) in [5.74, 6) is -1.89. The second kappa shape index (κ2) is 5.66. The van der Waals surface area contributed by atoms with Crippen LogP contribution in [-0.4, -0.2) is 33.5 Å². The van der Waals surface area contributed by atoms with E-state index in [9.17, 15) is 9.59 Å². The van der Waals surface area contributed by atoms with Crippen molar-refractivity contribution in [1.29, 1.82) is 0 Å². The maximum atomic E-state index is 11.9. The lowest BCUT2D eigenvalue weighted by Gasteiger charge is -2.15. The van der Waals surface area contributed by atoms with Gasteiger partial charge < -0.3 is 15.4 Å². The molecule has 0 spiro atoms. The highest BCUT2D eigenvalue weighted by molar-refractivity contribution is 5.85. The molecule has 1 amide bonds. The predicted molar refractivity (Wildman–Crippen MR) is 63.8 cm³/mol. The number of H-pyrrole nitrogens is 1. The van der Waals surface area contributed by atoms with E-state index >= 15 is 0 Å². The van der Waals surface area contributed by atoms with E-state index in [0.29, 0.717) is 25.8 Å². The molecule has 1 heterocycles. The number of aromatic nitrogens is 2. The van der Waals surface area contributed by atoms with Gasteiger partial charge in [-0.25, -0.2) is 4.98 Å². The van der Waals surface area contributed by atoms with E-state index in [0.717, 1.165) is 12.1 Å². The summed E-state index contributed by atoms with van der Waals surface area (Å²) in [6.45, 7) is 0.504. The normalized spacial score (nSPS) is 22.9. The molecule has 0 radical (unpaired) electrons. The average Bonchev–Trinajstić information content (AvgIpc) is 2.99. The molecule has 98 valence electrons. The highest BCUT2D eigenvalue weighted by Crippen LogP contribution is 2.31. The minimum Gasteiger partial charge on any atom is -0.481 e. The van der Waals surface area contributed by atoms with Crippen molar-refractivity contribution in [3.05, 3.63) is 18.2 Å². The van der Waals surface area contributed by atoms with Crippen molar-refractivity contribution in [2.45, 2.75) is 25.7 Å². The van der Waals surface area contributed by atoms with Gasteiger partial charge in [-0.15, -0.1) is 0 Å². The maximum Gasteiger partial charge on any atom is 0.307 e. The quantitative estimate of drug-likeness (QED) is 0.713. The first kappa shape index (κ1) is 12.6. The van der Waals surface area contributed by atoms with Gasteiger partial charge in [0.05, 0.1) is 18.2 Å². The van der Waals surface area contributed by atoms with Crippen LogP contribution < -0.4 is 5.32 Å². The van der Waals surface area contributed by atoms with Gasteiger partial charge in [-0.3, -0.25) is 9.59 Å². The second-order valence-corrected chi connectivity index (χ2v) is 4.60. The second-order valence-electron chi connectivity index (χ2n) is 4.60. The number of nitrogens with one attached hydrogen (secondary N) is 2. The fourth-order valence-electron chi connectivity index (χ4n) is 2.44. The molecule has 2 atom stereocenters. The van der Waals surface area contributed by atoms with E-state index in [-0.39, 0.29) is 11.8 Å². The summed E-state index contributed by atoms with van der Waals surface area (Å²) in [4.78, 5) is 29.7. The number of amides is 1. The molecule has 3 N–H and O–H groups in total. The lowest BCUT2D eigenvalue weighted by molar-refractivity contribution is -0.146. The van der Waals surface area contributed by atoms with Crippen LogP contribution >= 0.6 is 0 Å². The third-order valence-electron chi connectivity index (χ3n) is 3.42. The standard InChI is InChI=1S/C12H17N3O3/c16-11(9-2-1-3-10(9)12(17)18)14-5-4-8-6-13-7-15-8/h6-7,9-10H,1-5H2,(H,13,15)(H,14,16)(H,17,18)/t9-,10+/m1/s1. The molecule has 6 heteroatoms. The Morgan fingerprint density at radius 2 is 2.22 bits per heavy atom. The lowest BCUT2D eigenvalue weighted by atomic mass is 9.95. The number of nitrogens with zero attached hydrogens (tertiary/aromatic N) is 1. The van der Waals surface area contributed by atoms with Crippen molar-refractivity contribution in [2.75, 3.05) is 6.54 Å². The molecule has 0 bridgehead atoms. The molecule has 1 aliphatic rings. The van der Waals surface area contributed by atoms with Gasteiger partial charge in [0.25, 0.3) is 0 Å². The van der Waals surface area contributed by atoms with Crippen LogP contribution in [0.25, 0.3) is 0 Å². The Balaban J connectivity index is 1.79. The Morgan fingerprint density at radius 1 is 1.44 bits per heavy atom. The summed E-state index contributed by atoms with van der Waals surface area (Å²) in [5.41, 5.74) is 0.955. The first-order valence-electron chi connectivity index (χ1n) is 6.16. The molecular formula is C12H17N3O3. The third kappa shape index (κ3) is 2.88. The van der Waals surface area contributed by atoms with Gasteiger partial charge in [0.1, 0.15) is 0 Å². The molecule has 1 aliphatic carbocycles. The average molecular weight is 251 g/mol. The number of hydrogen-bond donors (Lipinski definition) is 3. The molecule has 18 heavy (non-hydrogen) atoms. The Bertz CT molecular complexity index is 416. The summed E-state index contributed by atoms with van der Waals surface area (Å²) in [5, 5.41) is 11.8. The molecule has 0 unspecified atom stereocenters. The molecule has 2 rings (SSSR count). The van der Waals surface area contributed by atoms with Gasteiger partial charge in [0.15, 0.2) is 0 Å². The summed E-state index contributed by atoms with van der Waals surface area (Å²) in [6.07, 6.45) is 6.07. The molecular weight excluding hydrogens is 234 g/mol. The van der Waals surface area contributed by atoms with Crippen molar-refractivity contribution in [2.24, 2.45) is 11.8 Å². The minimum absolute atomic E-state index is 0.139. The van der Waals surface area contributed by atoms with E-state index in [2.05, 4.69) is 15.3 Å². The first-order chi connectivity index (χ1) is 8.68. The zero-order valence-electron chi connectivity index (χ0n) is 10.1. The molecule has 1 fully saturated rings. The van der Waals surface area contributed by atoms with E-state index in [4.69, 9.17) is 5.11 Å². The summed E-state index contributed by atoms with van der Waals surface area (Å²) < 4.78 is 0. The first-order valence-corrected chi connectivity index (χ1v) is 6.16. The highest BCUT2D eigenvalue weighted by atomic mass is 16.4. The van der Waals surface area contributed by atoms with Gasteiger partial charge in [-0.2, -0.15) is 0 Å². The molecule has 6 nitrogen and oxygen atoms in total. The molecule has 0 saturated heterocycles. The van der Waals surface area contributed by atoms with Crippen LogP contribution in [0.4, 0.5) is 0 Å². The minimum atomic E-state index is -0.860. The van der Waals surface area contributed by atoms with Crippen LogP contribution in [0.5, 0.6) is 0 Å². The zero-order valence-corrected chi connectivity index (χ0v) is 10.1. The van der Waals surface area contributed by atoms with Crippen LogP contribution in [0.15, 0.2) is 12.5 Å². The molecule has 1 aromatic rings.